The lowest BCUT2D eigenvalue weighted by Crippen LogP contribution is -2.45. The summed E-state index contributed by atoms with van der Waals surface area (Å²) in [6.45, 7) is 6.82. The molecule has 2 rings (SSSR count). The number of hydrogen-bond donors (Lipinski definition) is 1. The molecule has 1 aromatic rings. The Labute approximate surface area is 122 Å². The third kappa shape index (κ3) is 3.59. The number of carbonyl (C=O) groups is 1. The van der Waals surface area contributed by atoms with E-state index in [0.29, 0.717) is 23.8 Å². The molecule has 20 heavy (non-hydrogen) atoms. The second kappa shape index (κ2) is 6.38. The summed E-state index contributed by atoms with van der Waals surface area (Å²) in [4.78, 5) is 12.4. The van der Waals surface area contributed by atoms with Crippen LogP contribution >= 0.6 is 0 Å². The smallest absolute Gasteiger partial charge is 0.251 e. The van der Waals surface area contributed by atoms with Crippen molar-refractivity contribution in [3.05, 3.63) is 30.1 Å². The summed E-state index contributed by atoms with van der Waals surface area (Å²) in [7, 11) is 1.96. The summed E-state index contributed by atoms with van der Waals surface area (Å²) < 4.78 is 1.94. The van der Waals surface area contributed by atoms with Gasteiger partial charge in [0.05, 0.1) is 5.56 Å². The minimum Gasteiger partial charge on any atom is -0.349 e. The fourth-order valence-electron chi connectivity index (χ4n) is 3.27. The van der Waals surface area contributed by atoms with E-state index >= 15 is 0 Å². The highest BCUT2D eigenvalue weighted by Crippen LogP contribution is 2.33. The lowest BCUT2D eigenvalue weighted by Gasteiger charge is -2.37. The molecule has 1 aliphatic carbocycles. The number of aryl methyl sites for hydroxylation is 1. The molecular weight excluding hydrogens is 248 g/mol. The van der Waals surface area contributed by atoms with Crippen LogP contribution in [0.4, 0.5) is 0 Å². The van der Waals surface area contributed by atoms with Gasteiger partial charge in [-0.15, -0.1) is 0 Å². The summed E-state index contributed by atoms with van der Waals surface area (Å²) in [5.74, 6) is 2.01. The van der Waals surface area contributed by atoms with Gasteiger partial charge in [-0.2, -0.15) is 0 Å². The molecule has 110 valence electrons. The molecule has 0 unspecified atom stereocenters. The van der Waals surface area contributed by atoms with Crippen molar-refractivity contribution in [3.63, 3.8) is 0 Å². The van der Waals surface area contributed by atoms with E-state index < -0.39 is 0 Å². The molecule has 1 heterocycles. The Morgan fingerprint density at radius 1 is 1.30 bits per heavy atom. The number of hydrogen-bond acceptors (Lipinski definition) is 1. The Hall–Kier alpha value is -1.38. The summed E-state index contributed by atoms with van der Waals surface area (Å²) >= 11 is 0. The zero-order chi connectivity index (χ0) is 14.7. The highest BCUT2D eigenvalue weighted by molar-refractivity contribution is 5.94. The van der Waals surface area contributed by atoms with Gasteiger partial charge < -0.3 is 5.32 Å². The van der Waals surface area contributed by atoms with Crippen molar-refractivity contribution in [2.24, 2.45) is 24.8 Å². The molecular formula is C17H27N2O+. The van der Waals surface area contributed by atoms with Crippen LogP contribution in [-0.2, 0) is 7.05 Å². The maximum Gasteiger partial charge on any atom is 0.251 e. The number of amides is 1. The number of pyridine rings is 1. The van der Waals surface area contributed by atoms with Crippen LogP contribution in [-0.4, -0.2) is 11.9 Å². The van der Waals surface area contributed by atoms with Crippen molar-refractivity contribution in [1.29, 1.82) is 0 Å². The second-order valence-electron chi connectivity index (χ2n) is 6.66. The first-order valence-corrected chi connectivity index (χ1v) is 7.73. The topological polar surface area (TPSA) is 33.0 Å². The molecule has 0 aliphatic heterocycles. The van der Waals surface area contributed by atoms with E-state index in [0.717, 1.165) is 12.0 Å². The van der Waals surface area contributed by atoms with Gasteiger partial charge in [0.2, 0.25) is 0 Å². The van der Waals surface area contributed by atoms with Gasteiger partial charge in [0.25, 0.3) is 5.91 Å². The van der Waals surface area contributed by atoms with Crippen molar-refractivity contribution in [1.82, 2.24) is 5.32 Å². The summed E-state index contributed by atoms with van der Waals surface area (Å²) in [5.41, 5.74) is 0.754. The van der Waals surface area contributed by atoms with E-state index in [9.17, 15) is 4.79 Å². The molecule has 0 radical (unpaired) electrons. The third-order valence-electron chi connectivity index (χ3n) is 4.58. The Kier molecular flexibility index (Phi) is 4.79. The molecule has 3 nitrogen and oxygen atoms in total. The van der Waals surface area contributed by atoms with Crippen LogP contribution in [0.2, 0.25) is 0 Å². The van der Waals surface area contributed by atoms with E-state index in [-0.39, 0.29) is 5.91 Å². The minimum atomic E-state index is 0.0651. The minimum absolute atomic E-state index is 0.0651. The highest BCUT2D eigenvalue weighted by atomic mass is 16.1. The SMILES string of the molecule is CC(C)[C@@H]1CC[C@H](C)C[C@H]1NC(=O)c1cc[n+](C)cc1. The van der Waals surface area contributed by atoms with Gasteiger partial charge in [-0.25, -0.2) is 4.57 Å². The van der Waals surface area contributed by atoms with Crippen LogP contribution < -0.4 is 9.88 Å². The van der Waals surface area contributed by atoms with Crippen LogP contribution in [0.15, 0.2) is 24.5 Å². The number of nitrogens with one attached hydrogen (secondary N) is 1. The van der Waals surface area contributed by atoms with Crippen LogP contribution in [0.5, 0.6) is 0 Å². The van der Waals surface area contributed by atoms with Crippen LogP contribution in [0.25, 0.3) is 0 Å². The van der Waals surface area contributed by atoms with Gasteiger partial charge in [-0.1, -0.05) is 27.2 Å². The summed E-state index contributed by atoms with van der Waals surface area (Å²) in [6, 6.07) is 4.08. The molecule has 1 fully saturated rings. The van der Waals surface area contributed by atoms with E-state index in [1.807, 2.05) is 36.1 Å². The van der Waals surface area contributed by atoms with Crippen LogP contribution in [0, 0.1) is 17.8 Å². The summed E-state index contributed by atoms with van der Waals surface area (Å²) in [6.07, 6.45) is 7.45. The number of carbonyl (C=O) groups excluding carboxylic acids is 1. The maximum atomic E-state index is 12.4. The number of rotatable bonds is 3. The first kappa shape index (κ1) is 15.0. The predicted molar refractivity (Wildman–Crippen MR) is 80.2 cm³/mol. The van der Waals surface area contributed by atoms with Crippen molar-refractivity contribution < 1.29 is 9.36 Å². The zero-order valence-electron chi connectivity index (χ0n) is 13.1. The molecule has 1 N–H and O–H groups in total. The molecule has 1 aromatic heterocycles. The molecule has 0 spiro atoms. The zero-order valence-corrected chi connectivity index (χ0v) is 13.1. The molecule has 0 saturated heterocycles. The maximum absolute atomic E-state index is 12.4. The predicted octanol–water partition coefficient (Wildman–Crippen LogP) is 2.70. The van der Waals surface area contributed by atoms with E-state index in [1.165, 1.54) is 12.8 Å². The Morgan fingerprint density at radius 3 is 2.55 bits per heavy atom. The quantitative estimate of drug-likeness (QED) is 0.845. The van der Waals surface area contributed by atoms with Crippen molar-refractivity contribution in [3.8, 4) is 0 Å². The third-order valence-corrected chi connectivity index (χ3v) is 4.58. The molecule has 0 aromatic carbocycles. The van der Waals surface area contributed by atoms with Gasteiger partial charge in [0, 0.05) is 18.2 Å². The van der Waals surface area contributed by atoms with Gasteiger partial charge in [-0.3, -0.25) is 4.79 Å². The Bertz CT molecular complexity index is 453. The highest BCUT2D eigenvalue weighted by Gasteiger charge is 2.31. The molecule has 1 amide bonds. The van der Waals surface area contributed by atoms with Crippen LogP contribution in [0.1, 0.15) is 50.4 Å². The lowest BCUT2D eigenvalue weighted by molar-refractivity contribution is -0.671. The monoisotopic (exact) mass is 275 g/mol. The van der Waals surface area contributed by atoms with Gasteiger partial charge in [0.15, 0.2) is 12.4 Å². The van der Waals surface area contributed by atoms with Crippen molar-refractivity contribution in [2.45, 2.75) is 46.1 Å². The van der Waals surface area contributed by atoms with Gasteiger partial charge in [0.1, 0.15) is 7.05 Å². The Morgan fingerprint density at radius 2 is 1.95 bits per heavy atom. The van der Waals surface area contributed by atoms with E-state index in [4.69, 9.17) is 0 Å². The lowest BCUT2D eigenvalue weighted by atomic mass is 9.74. The molecule has 3 heteroatoms. The largest absolute Gasteiger partial charge is 0.349 e. The molecule has 3 atom stereocenters. The van der Waals surface area contributed by atoms with Gasteiger partial charge in [-0.05, 0) is 30.6 Å². The standard InChI is InChI=1S/C17H26N2O/c1-12(2)15-6-5-13(3)11-16(15)18-17(20)14-7-9-19(4)10-8-14/h7-10,12-13,15-16H,5-6,11H2,1-4H3/p+1/t13-,15-,16+/m0/s1. The number of nitrogens with zero attached hydrogens (tertiary/aromatic N) is 1. The van der Waals surface area contributed by atoms with E-state index in [1.54, 1.807) is 0 Å². The fraction of sp³-hybridized carbons (Fsp3) is 0.647. The normalized spacial score (nSPS) is 26.6. The first-order valence-electron chi connectivity index (χ1n) is 7.73. The Balaban J connectivity index is 2.05. The average Bonchev–Trinajstić information content (AvgIpc) is 2.39. The second-order valence-corrected chi connectivity index (χ2v) is 6.66. The van der Waals surface area contributed by atoms with Gasteiger partial charge >= 0.3 is 0 Å². The molecule has 1 aliphatic rings. The molecule has 0 bridgehead atoms. The average molecular weight is 275 g/mol. The number of aromatic nitrogens is 1. The van der Waals surface area contributed by atoms with Crippen molar-refractivity contribution in [2.75, 3.05) is 0 Å². The molecule has 1 saturated carbocycles. The van der Waals surface area contributed by atoms with Crippen molar-refractivity contribution >= 4 is 5.91 Å². The fourth-order valence-corrected chi connectivity index (χ4v) is 3.27. The summed E-state index contributed by atoms with van der Waals surface area (Å²) in [5, 5.41) is 3.27. The van der Waals surface area contributed by atoms with E-state index in [2.05, 4.69) is 26.1 Å². The first-order chi connectivity index (χ1) is 9.47. The van der Waals surface area contributed by atoms with Crippen LogP contribution in [0.3, 0.4) is 0 Å².